The number of carboxylic acids is 1. The van der Waals surface area contributed by atoms with Crippen molar-refractivity contribution in [1.29, 1.82) is 0 Å². The molecule has 5 heteroatoms. The zero-order valence-electron chi connectivity index (χ0n) is 12.1. The molecular weight excluding hydrogens is 324 g/mol. The summed E-state index contributed by atoms with van der Waals surface area (Å²) >= 11 is 3.41. The summed E-state index contributed by atoms with van der Waals surface area (Å²) in [6, 6.07) is 5.51. The Bertz CT molecular complexity index is 478. The SMILES string of the molecule is CC(C)(C)[Si](C)(C)Oc1cc(Br)ccc1CC(=O)O. The lowest BCUT2D eigenvalue weighted by Gasteiger charge is -2.37. The quantitative estimate of drug-likeness (QED) is 0.820. The molecule has 1 aromatic rings. The van der Waals surface area contributed by atoms with E-state index in [4.69, 9.17) is 9.53 Å². The average Bonchev–Trinajstić information content (AvgIpc) is 2.19. The molecule has 0 aliphatic rings. The number of rotatable bonds is 4. The van der Waals surface area contributed by atoms with Gasteiger partial charge in [0.1, 0.15) is 5.75 Å². The Hall–Kier alpha value is -0.813. The number of halogens is 1. The van der Waals surface area contributed by atoms with Gasteiger partial charge in [-0.1, -0.05) is 42.8 Å². The summed E-state index contributed by atoms with van der Waals surface area (Å²) < 4.78 is 7.12. The van der Waals surface area contributed by atoms with E-state index in [1.165, 1.54) is 0 Å². The molecule has 1 rings (SSSR count). The molecule has 0 radical (unpaired) electrons. The summed E-state index contributed by atoms with van der Waals surface area (Å²) in [7, 11) is -1.96. The molecule has 0 saturated carbocycles. The van der Waals surface area contributed by atoms with Crippen molar-refractivity contribution in [3.8, 4) is 5.75 Å². The Morgan fingerprint density at radius 1 is 1.37 bits per heavy atom. The van der Waals surface area contributed by atoms with Crippen molar-refractivity contribution in [1.82, 2.24) is 0 Å². The van der Waals surface area contributed by atoms with Crippen molar-refractivity contribution in [3.63, 3.8) is 0 Å². The van der Waals surface area contributed by atoms with Gasteiger partial charge in [-0.05, 0) is 30.3 Å². The summed E-state index contributed by atoms with van der Waals surface area (Å²) in [6.07, 6.45) is -0.0166. The fourth-order valence-corrected chi connectivity index (χ4v) is 2.75. The molecule has 0 bridgehead atoms. The molecule has 0 spiro atoms. The first-order valence-electron chi connectivity index (χ1n) is 6.22. The highest BCUT2D eigenvalue weighted by Gasteiger charge is 2.39. The summed E-state index contributed by atoms with van der Waals surface area (Å²) in [4.78, 5) is 10.9. The van der Waals surface area contributed by atoms with Crippen LogP contribution >= 0.6 is 15.9 Å². The fraction of sp³-hybridized carbons (Fsp3) is 0.500. The first-order valence-corrected chi connectivity index (χ1v) is 9.92. The van der Waals surface area contributed by atoms with Crippen LogP contribution in [0.25, 0.3) is 0 Å². The van der Waals surface area contributed by atoms with Crippen molar-refractivity contribution >= 4 is 30.2 Å². The van der Waals surface area contributed by atoms with Crippen molar-refractivity contribution < 1.29 is 14.3 Å². The maximum atomic E-state index is 10.9. The van der Waals surface area contributed by atoms with Crippen LogP contribution in [-0.4, -0.2) is 19.4 Å². The van der Waals surface area contributed by atoms with Crippen molar-refractivity contribution in [2.24, 2.45) is 0 Å². The molecule has 19 heavy (non-hydrogen) atoms. The van der Waals surface area contributed by atoms with Gasteiger partial charge in [0.15, 0.2) is 0 Å². The van der Waals surface area contributed by atoms with Crippen LogP contribution in [0, 0.1) is 0 Å². The van der Waals surface area contributed by atoms with Crippen LogP contribution in [0.1, 0.15) is 26.3 Å². The van der Waals surface area contributed by atoms with Crippen molar-refractivity contribution in [3.05, 3.63) is 28.2 Å². The summed E-state index contributed by atoms with van der Waals surface area (Å²) in [6.45, 7) is 10.8. The maximum Gasteiger partial charge on any atom is 0.307 e. The lowest BCUT2D eigenvalue weighted by atomic mass is 10.1. The van der Waals surface area contributed by atoms with E-state index in [2.05, 4.69) is 49.8 Å². The summed E-state index contributed by atoms with van der Waals surface area (Å²) in [5.41, 5.74) is 0.723. The van der Waals surface area contributed by atoms with E-state index in [1.807, 2.05) is 12.1 Å². The van der Waals surface area contributed by atoms with E-state index in [0.29, 0.717) is 5.75 Å². The first-order chi connectivity index (χ1) is 8.53. The van der Waals surface area contributed by atoms with Gasteiger partial charge in [0, 0.05) is 10.0 Å². The lowest BCUT2D eigenvalue weighted by Crippen LogP contribution is -2.44. The third-order valence-corrected chi connectivity index (χ3v) is 8.38. The normalized spacial score (nSPS) is 12.3. The highest BCUT2D eigenvalue weighted by molar-refractivity contribution is 9.10. The molecule has 1 aromatic carbocycles. The largest absolute Gasteiger partial charge is 0.543 e. The molecule has 3 nitrogen and oxygen atoms in total. The first kappa shape index (κ1) is 16.2. The van der Waals surface area contributed by atoms with Crippen LogP contribution in [0.15, 0.2) is 22.7 Å². The topological polar surface area (TPSA) is 46.5 Å². The standard InChI is InChI=1S/C14H21BrO3Si/c1-14(2,3)19(4,5)18-12-9-11(15)7-6-10(12)8-13(16)17/h6-7,9H,8H2,1-5H3,(H,16,17). The van der Waals surface area contributed by atoms with Crippen molar-refractivity contribution in [2.75, 3.05) is 0 Å². The predicted octanol–water partition coefficient (Wildman–Crippen LogP) is 4.46. The third-order valence-electron chi connectivity index (χ3n) is 3.54. The number of aliphatic carboxylic acids is 1. The van der Waals surface area contributed by atoms with E-state index < -0.39 is 14.3 Å². The van der Waals surface area contributed by atoms with Crippen LogP contribution in [0.3, 0.4) is 0 Å². The van der Waals surface area contributed by atoms with Crippen LogP contribution in [0.2, 0.25) is 18.1 Å². The van der Waals surface area contributed by atoms with Crippen LogP contribution in [0.4, 0.5) is 0 Å². The lowest BCUT2D eigenvalue weighted by molar-refractivity contribution is -0.136. The second kappa shape index (κ2) is 5.67. The molecule has 0 aliphatic heterocycles. The Balaban J connectivity index is 3.12. The smallest absolute Gasteiger partial charge is 0.307 e. The second-order valence-electron chi connectivity index (χ2n) is 6.18. The number of hydrogen-bond donors (Lipinski definition) is 1. The number of carbonyl (C=O) groups is 1. The van der Waals surface area contributed by atoms with Crippen LogP contribution < -0.4 is 4.43 Å². The Morgan fingerprint density at radius 3 is 2.42 bits per heavy atom. The van der Waals surface area contributed by atoms with E-state index in [1.54, 1.807) is 6.07 Å². The molecule has 1 N–H and O–H groups in total. The predicted molar refractivity (Wildman–Crippen MR) is 83.3 cm³/mol. The molecule has 0 atom stereocenters. The minimum absolute atomic E-state index is 0.0166. The van der Waals surface area contributed by atoms with Gasteiger partial charge in [-0.2, -0.15) is 0 Å². The van der Waals surface area contributed by atoms with Gasteiger partial charge >= 0.3 is 5.97 Å². The van der Waals surface area contributed by atoms with E-state index in [9.17, 15) is 4.79 Å². The number of benzene rings is 1. The van der Waals surface area contributed by atoms with E-state index in [0.717, 1.165) is 10.0 Å². The second-order valence-corrected chi connectivity index (χ2v) is 11.8. The number of carboxylic acid groups (broad SMARTS) is 1. The monoisotopic (exact) mass is 344 g/mol. The highest BCUT2D eigenvalue weighted by Crippen LogP contribution is 2.38. The fourth-order valence-electron chi connectivity index (χ4n) is 1.36. The zero-order valence-corrected chi connectivity index (χ0v) is 14.7. The third kappa shape index (κ3) is 4.35. The number of hydrogen-bond acceptors (Lipinski definition) is 2. The molecule has 0 fully saturated rings. The van der Waals surface area contributed by atoms with Gasteiger partial charge in [0.05, 0.1) is 6.42 Å². The molecule has 0 amide bonds. The molecule has 0 aromatic heterocycles. The summed E-state index contributed by atoms with van der Waals surface area (Å²) in [5.74, 6) is -0.161. The highest BCUT2D eigenvalue weighted by atomic mass is 79.9. The maximum absolute atomic E-state index is 10.9. The zero-order chi connectivity index (χ0) is 14.8. The molecule has 0 unspecified atom stereocenters. The molecule has 0 heterocycles. The Kier molecular flexibility index (Phi) is 4.85. The minimum atomic E-state index is -1.96. The Labute approximate surface area is 124 Å². The minimum Gasteiger partial charge on any atom is -0.543 e. The average molecular weight is 345 g/mol. The van der Waals surface area contributed by atoms with Gasteiger partial charge in [0.25, 0.3) is 0 Å². The molecular formula is C14H21BrO3Si. The summed E-state index contributed by atoms with van der Waals surface area (Å²) in [5, 5.41) is 9.04. The van der Waals surface area contributed by atoms with E-state index in [-0.39, 0.29) is 11.5 Å². The van der Waals surface area contributed by atoms with Gasteiger partial charge in [0.2, 0.25) is 8.32 Å². The van der Waals surface area contributed by atoms with Crippen LogP contribution in [-0.2, 0) is 11.2 Å². The van der Waals surface area contributed by atoms with Gasteiger partial charge in [-0.25, -0.2) is 0 Å². The van der Waals surface area contributed by atoms with E-state index >= 15 is 0 Å². The van der Waals surface area contributed by atoms with Crippen LogP contribution in [0.5, 0.6) is 5.75 Å². The van der Waals surface area contributed by atoms with Crippen molar-refractivity contribution in [2.45, 2.75) is 45.3 Å². The molecule has 0 saturated heterocycles. The molecule has 106 valence electrons. The van der Waals surface area contributed by atoms with Gasteiger partial charge in [-0.15, -0.1) is 0 Å². The van der Waals surface area contributed by atoms with Gasteiger partial charge in [-0.3, -0.25) is 4.79 Å². The van der Waals surface area contributed by atoms with Gasteiger partial charge < -0.3 is 9.53 Å². The Morgan fingerprint density at radius 2 is 1.95 bits per heavy atom. The molecule has 0 aliphatic carbocycles.